The molecule has 9 nitrogen and oxygen atoms in total. The molecule has 0 aliphatic carbocycles. The smallest absolute Gasteiger partial charge is 0.259 e. The highest BCUT2D eigenvalue weighted by atomic mass is 16.4. The molecule has 0 bridgehead atoms. The van der Waals surface area contributed by atoms with Crippen LogP contribution in [-0.4, -0.2) is 37.3 Å². The molecule has 0 saturated carbocycles. The number of nitrogens with one attached hydrogen (secondary N) is 3. The average Bonchev–Trinajstić information content (AvgIpc) is 2.98. The second-order valence-electron chi connectivity index (χ2n) is 3.09. The molecule has 88 valence electrons. The molecule has 2 aromatic rings. The van der Waals surface area contributed by atoms with Crippen molar-refractivity contribution in [1.82, 2.24) is 20.4 Å². The summed E-state index contributed by atoms with van der Waals surface area (Å²) in [6.07, 6.45) is 4.14. The zero-order valence-corrected chi connectivity index (χ0v) is 8.51. The number of aromatic nitrogens is 4. The molecule has 2 aromatic heterocycles. The highest BCUT2D eigenvalue weighted by Crippen LogP contribution is 2.11. The summed E-state index contributed by atoms with van der Waals surface area (Å²) in [6, 6.07) is 0. The third-order valence-corrected chi connectivity index (χ3v) is 2.02. The summed E-state index contributed by atoms with van der Waals surface area (Å²) in [5, 5.41) is 26.3. The van der Waals surface area contributed by atoms with Crippen molar-refractivity contribution in [2.45, 2.75) is 0 Å². The fraction of sp³-hybridized carbons (Fsp3) is 0. The summed E-state index contributed by atoms with van der Waals surface area (Å²) in [5.74, 6) is -0.303. The Hall–Kier alpha value is -2.84. The van der Waals surface area contributed by atoms with Crippen LogP contribution in [0.25, 0.3) is 0 Å². The van der Waals surface area contributed by atoms with Gasteiger partial charge in [-0.2, -0.15) is 10.2 Å². The molecule has 0 radical (unpaired) electrons. The Balaban J connectivity index is 2.20. The maximum atomic E-state index is 11.7. The van der Waals surface area contributed by atoms with Crippen LogP contribution < -0.4 is 11.1 Å². The summed E-state index contributed by atoms with van der Waals surface area (Å²) in [6.45, 7) is 0. The van der Waals surface area contributed by atoms with Crippen molar-refractivity contribution in [1.29, 1.82) is 0 Å². The average molecular weight is 235 g/mol. The first-order chi connectivity index (χ1) is 8.22. The third kappa shape index (κ3) is 2.07. The lowest BCUT2D eigenvalue weighted by Gasteiger charge is -2.02. The second-order valence-corrected chi connectivity index (χ2v) is 3.09. The molecular weight excluding hydrogens is 226 g/mol. The van der Waals surface area contributed by atoms with Gasteiger partial charge in [0.05, 0.1) is 23.5 Å². The van der Waals surface area contributed by atoms with Crippen molar-refractivity contribution < 1.29 is 10.0 Å². The Kier molecular flexibility index (Phi) is 2.73. The molecule has 0 unspecified atom stereocenters. The maximum Gasteiger partial charge on any atom is 0.259 e. The van der Waals surface area contributed by atoms with Crippen LogP contribution in [0.3, 0.4) is 0 Å². The quantitative estimate of drug-likeness (QED) is 0.210. The first kappa shape index (κ1) is 10.7. The first-order valence-electron chi connectivity index (χ1n) is 4.53. The summed E-state index contributed by atoms with van der Waals surface area (Å²) in [7, 11) is 0. The van der Waals surface area contributed by atoms with Crippen molar-refractivity contribution in [3.63, 3.8) is 0 Å². The predicted molar refractivity (Wildman–Crippen MR) is 57.6 cm³/mol. The monoisotopic (exact) mass is 235 g/mol. The zero-order valence-electron chi connectivity index (χ0n) is 8.51. The molecule has 0 aliphatic rings. The van der Waals surface area contributed by atoms with Crippen LogP contribution in [0.1, 0.15) is 15.9 Å². The highest BCUT2D eigenvalue weighted by Gasteiger charge is 2.14. The van der Waals surface area contributed by atoms with E-state index in [1.807, 2.05) is 0 Å². The van der Waals surface area contributed by atoms with E-state index < -0.39 is 5.91 Å². The Bertz CT molecular complexity index is 542. The van der Waals surface area contributed by atoms with Crippen molar-refractivity contribution in [2.75, 3.05) is 5.32 Å². The van der Waals surface area contributed by atoms with Crippen molar-refractivity contribution in [3.05, 3.63) is 29.7 Å². The van der Waals surface area contributed by atoms with Gasteiger partial charge in [0, 0.05) is 6.20 Å². The predicted octanol–water partition coefficient (Wildman–Crippen LogP) is -0.520. The minimum absolute atomic E-state index is 0.152. The number of nitrogens with two attached hydrogens (primary N) is 1. The molecule has 9 heteroatoms. The van der Waals surface area contributed by atoms with Crippen LogP contribution in [0.2, 0.25) is 0 Å². The van der Waals surface area contributed by atoms with Crippen molar-refractivity contribution >= 4 is 17.6 Å². The van der Waals surface area contributed by atoms with E-state index in [1.165, 1.54) is 18.6 Å². The van der Waals surface area contributed by atoms with Gasteiger partial charge in [-0.15, -0.1) is 0 Å². The van der Waals surface area contributed by atoms with Gasteiger partial charge in [-0.1, -0.05) is 5.16 Å². The fourth-order valence-electron chi connectivity index (χ4n) is 1.19. The molecular formula is C8H9N7O2. The second kappa shape index (κ2) is 4.35. The maximum absolute atomic E-state index is 11.7. The van der Waals surface area contributed by atoms with Crippen LogP contribution in [0.5, 0.6) is 0 Å². The van der Waals surface area contributed by atoms with Gasteiger partial charge in [-0.05, 0) is 0 Å². The molecule has 0 fully saturated rings. The van der Waals surface area contributed by atoms with E-state index in [-0.39, 0.29) is 11.7 Å². The van der Waals surface area contributed by atoms with Gasteiger partial charge in [0.2, 0.25) is 0 Å². The Morgan fingerprint density at radius 3 is 2.94 bits per heavy atom. The normalized spacial score (nSPS) is 11.4. The number of amidine groups is 1. The summed E-state index contributed by atoms with van der Waals surface area (Å²) >= 11 is 0. The van der Waals surface area contributed by atoms with Gasteiger partial charge in [0.25, 0.3) is 5.91 Å². The first-order valence-corrected chi connectivity index (χ1v) is 4.53. The van der Waals surface area contributed by atoms with E-state index in [2.05, 4.69) is 30.9 Å². The lowest BCUT2D eigenvalue weighted by molar-refractivity contribution is 0.102. The summed E-state index contributed by atoms with van der Waals surface area (Å²) in [5.41, 5.74) is 6.05. The fourth-order valence-corrected chi connectivity index (χ4v) is 1.19. The lowest BCUT2D eigenvalue weighted by Crippen LogP contribution is -2.18. The molecule has 0 spiro atoms. The summed E-state index contributed by atoms with van der Waals surface area (Å²) < 4.78 is 0. The zero-order chi connectivity index (χ0) is 12.3. The molecule has 2 rings (SSSR count). The number of rotatable bonds is 3. The van der Waals surface area contributed by atoms with Crippen LogP contribution in [0.15, 0.2) is 23.7 Å². The number of hydrogen-bond donors (Lipinski definition) is 5. The van der Waals surface area contributed by atoms with Crippen LogP contribution in [0.4, 0.5) is 5.82 Å². The van der Waals surface area contributed by atoms with Crippen molar-refractivity contribution in [2.24, 2.45) is 10.9 Å². The van der Waals surface area contributed by atoms with Gasteiger partial charge in [-0.25, -0.2) is 0 Å². The Morgan fingerprint density at radius 2 is 2.29 bits per heavy atom. The van der Waals surface area contributed by atoms with Crippen molar-refractivity contribution in [3.8, 4) is 0 Å². The van der Waals surface area contributed by atoms with E-state index in [0.717, 1.165) is 0 Å². The Morgan fingerprint density at radius 1 is 1.47 bits per heavy atom. The molecule has 0 aromatic carbocycles. The molecule has 0 saturated heterocycles. The molecule has 1 amide bonds. The molecule has 6 N–H and O–H groups in total. The SMILES string of the molecule is NC(=NO)c1cn[nH]c1NC(=O)c1cn[nH]c1. The number of H-pyrrole nitrogens is 2. The lowest BCUT2D eigenvalue weighted by atomic mass is 10.3. The van der Waals surface area contributed by atoms with Crippen LogP contribution in [-0.2, 0) is 0 Å². The molecule has 2 heterocycles. The summed E-state index contributed by atoms with van der Waals surface area (Å²) in [4.78, 5) is 11.7. The van der Waals surface area contributed by atoms with E-state index >= 15 is 0 Å². The number of hydrogen-bond acceptors (Lipinski definition) is 5. The number of carbonyl (C=O) groups excluding carboxylic acids is 1. The highest BCUT2D eigenvalue weighted by molar-refractivity contribution is 6.08. The van der Waals surface area contributed by atoms with Gasteiger partial charge in [0.1, 0.15) is 5.82 Å². The van der Waals surface area contributed by atoms with Gasteiger partial charge in [-0.3, -0.25) is 15.0 Å². The number of oxime groups is 1. The molecule has 17 heavy (non-hydrogen) atoms. The Labute approximate surface area is 94.7 Å². The molecule has 0 aliphatic heterocycles. The van der Waals surface area contributed by atoms with E-state index in [1.54, 1.807) is 0 Å². The number of amides is 1. The number of anilines is 1. The minimum atomic E-state index is -0.394. The standard InChI is InChI=1S/C8H9N7O2/c9-6(15-17)5-3-12-14-7(5)13-8(16)4-1-10-11-2-4/h1-3,17H,(H2,9,15)(H,10,11)(H2,12,13,14,16). The topological polar surface area (TPSA) is 145 Å². The number of nitrogens with zero attached hydrogens (tertiary/aromatic N) is 3. The van der Waals surface area contributed by atoms with E-state index in [9.17, 15) is 4.79 Å². The number of aromatic amines is 2. The minimum Gasteiger partial charge on any atom is -0.409 e. The largest absolute Gasteiger partial charge is 0.409 e. The van der Waals surface area contributed by atoms with E-state index in [0.29, 0.717) is 11.1 Å². The third-order valence-electron chi connectivity index (χ3n) is 2.02. The van der Waals surface area contributed by atoms with E-state index in [4.69, 9.17) is 10.9 Å². The number of carbonyl (C=O) groups is 1. The molecule has 0 atom stereocenters. The van der Waals surface area contributed by atoms with Gasteiger partial charge < -0.3 is 16.3 Å². The van der Waals surface area contributed by atoms with Gasteiger partial charge >= 0.3 is 0 Å². The van der Waals surface area contributed by atoms with Crippen LogP contribution >= 0.6 is 0 Å². The van der Waals surface area contributed by atoms with Crippen LogP contribution in [0, 0.1) is 0 Å². The van der Waals surface area contributed by atoms with Gasteiger partial charge in [0.15, 0.2) is 5.84 Å².